The van der Waals surface area contributed by atoms with Crippen LogP contribution in [-0.4, -0.2) is 54.3 Å². The van der Waals surface area contributed by atoms with E-state index in [2.05, 4.69) is 9.62 Å². The highest BCUT2D eigenvalue weighted by atomic mass is 35.5. The number of benzene rings is 2. The minimum Gasteiger partial charge on any atom is -0.496 e. The van der Waals surface area contributed by atoms with Crippen molar-refractivity contribution in [3.63, 3.8) is 0 Å². The zero-order valence-electron chi connectivity index (χ0n) is 16.5. The van der Waals surface area contributed by atoms with Crippen LogP contribution in [0.15, 0.2) is 29.2 Å². The zero-order valence-corrected chi connectivity index (χ0v) is 18.8. The maximum atomic E-state index is 13.0. The summed E-state index contributed by atoms with van der Waals surface area (Å²) in [5.74, 6) is 1.37. The molecular weight excluding hydrogens is 439 g/mol. The fourth-order valence-corrected chi connectivity index (χ4v) is 5.03. The topological polar surface area (TPSA) is 77.1 Å². The Bertz CT molecular complexity index is 1030. The van der Waals surface area contributed by atoms with Crippen molar-refractivity contribution in [3.8, 4) is 17.2 Å². The Morgan fingerprint density at radius 1 is 1.07 bits per heavy atom. The van der Waals surface area contributed by atoms with Gasteiger partial charge in [-0.2, -0.15) is 0 Å². The van der Waals surface area contributed by atoms with E-state index in [1.165, 1.54) is 19.2 Å². The van der Waals surface area contributed by atoms with Crippen LogP contribution in [0.25, 0.3) is 0 Å². The van der Waals surface area contributed by atoms with E-state index >= 15 is 0 Å². The monoisotopic (exact) mass is 460 g/mol. The number of anilines is 1. The number of ether oxygens (including phenoxy) is 3. The number of nitrogens with one attached hydrogen (secondary N) is 1. The summed E-state index contributed by atoms with van der Waals surface area (Å²) < 4.78 is 45.0. The molecule has 29 heavy (non-hydrogen) atoms. The Morgan fingerprint density at radius 2 is 1.72 bits per heavy atom. The fraction of sp³-hybridized carbons (Fsp3) is 0.368. The van der Waals surface area contributed by atoms with Gasteiger partial charge in [0.2, 0.25) is 0 Å². The Labute approximate surface area is 180 Å². The number of rotatable bonds is 6. The Kier molecular flexibility index (Phi) is 6.38. The molecule has 158 valence electrons. The average molecular weight is 461 g/mol. The fourth-order valence-electron chi connectivity index (χ4n) is 3.12. The van der Waals surface area contributed by atoms with E-state index < -0.39 is 10.0 Å². The predicted molar refractivity (Wildman–Crippen MR) is 113 cm³/mol. The summed E-state index contributed by atoms with van der Waals surface area (Å²) in [4.78, 5) is 1.90. The highest BCUT2D eigenvalue weighted by Crippen LogP contribution is 2.42. The van der Waals surface area contributed by atoms with E-state index in [4.69, 9.17) is 37.4 Å². The molecule has 1 aliphatic rings. The second-order valence-corrected chi connectivity index (χ2v) is 9.16. The molecule has 0 saturated heterocycles. The zero-order chi connectivity index (χ0) is 21.3. The number of hydrogen-bond donors (Lipinski definition) is 1. The average Bonchev–Trinajstić information content (AvgIpc) is 2.69. The summed E-state index contributed by atoms with van der Waals surface area (Å²) in [7, 11) is 2.89. The maximum absolute atomic E-state index is 13.0. The second-order valence-electron chi connectivity index (χ2n) is 6.76. The smallest absolute Gasteiger partial charge is 0.263 e. The molecule has 0 saturated carbocycles. The number of methoxy groups -OCH3 is 2. The van der Waals surface area contributed by atoms with Crippen LogP contribution in [0.5, 0.6) is 17.2 Å². The molecule has 1 atom stereocenters. The van der Waals surface area contributed by atoms with E-state index in [9.17, 15) is 8.42 Å². The summed E-state index contributed by atoms with van der Waals surface area (Å²) in [6.45, 7) is 0.428. The van der Waals surface area contributed by atoms with Crippen LogP contribution in [0.1, 0.15) is 5.56 Å². The first-order valence-electron chi connectivity index (χ1n) is 8.73. The summed E-state index contributed by atoms with van der Waals surface area (Å²) in [6.07, 6.45) is 0.663. The molecule has 0 spiro atoms. The van der Waals surface area contributed by atoms with Crippen LogP contribution < -0.4 is 18.9 Å². The molecule has 2 aromatic rings. The highest BCUT2D eigenvalue weighted by Gasteiger charge is 2.29. The number of sulfonamides is 1. The van der Waals surface area contributed by atoms with Gasteiger partial charge >= 0.3 is 0 Å². The van der Waals surface area contributed by atoms with Crippen molar-refractivity contribution >= 4 is 38.9 Å². The molecule has 3 rings (SSSR count). The van der Waals surface area contributed by atoms with Crippen molar-refractivity contribution in [2.24, 2.45) is 0 Å². The van der Waals surface area contributed by atoms with Gasteiger partial charge in [0.15, 0.2) is 0 Å². The lowest BCUT2D eigenvalue weighted by Crippen LogP contribution is -2.38. The van der Waals surface area contributed by atoms with E-state index in [0.29, 0.717) is 30.2 Å². The van der Waals surface area contributed by atoms with Gasteiger partial charge in [0.05, 0.1) is 24.9 Å². The summed E-state index contributed by atoms with van der Waals surface area (Å²) in [5, 5.41) is -0.0895. The molecule has 0 fully saturated rings. The standard InChI is InChI=1S/C19H22Cl2N2O5S/c1-23(2)11-9-12-14(26-3)6-5-13(19(12)28-10-11)22-29(24,25)16-8-7-15(27-4)17(20)18(16)21/h5-8,11,22H,9-10H2,1-4H3/t11-/m1/s1. The normalized spacial score (nSPS) is 16.2. The highest BCUT2D eigenvalue weighted by molar-refractivity contribution is 7.92. The summed E-state index contributed by atoms with van der Waals surface area (Å²) in [5.41, 5.74) is 1.11. The molecule has 0 aromatic heterocycles. The summed E-state index contributed by atoms with van der Waals surface area (Å²) >= 11 is 12.3. The van der Waals surface area contributed by atoms with E-state index in [-0.39, 0.29) is 26.7 Å². The number of hydrogen-bond acceptors (Lipinski definition) is 6. The molecule has 0 amide bonds. The second kappa shape index (κ2) is 8.47. The molecular formula is C19H22Cl2N2O5S. The third-order valence-electron chi connectivity index (χ3n) is 4.79. The van der Waals surface area contributed by atoms with Gasteiger partial charge in [-0.25, -0.2) is 8.42 Å². The lowest BCUT2D eigenvalue weighted by molar-refractivity contribution is 0.164. The van der Waals surface area contributed by atoms with Gasteiger partial charge < -0.3 is 19.1 Å². The first kappa shape index (κ1) is 21.8. The first-order chi connectivity index (χ1) is 13.7. The third-order valence-corrected chi connectivity index (χ3v) is 7.18. The van der Waals surface area contributed by atoms with Gasteiger partial charge in [0, 0.05) is 11.6 Å². The quantitative estimate of drug-likeness (QED) is 0.708. The van der Waals surface area contributed by atoms with Gasteiger partial charge in [-0.05, 0) is 44.8 Å². The molecule has 7 nitrogen and oxygen atoms in total. The van der Waals surface area contributed by atoms with Gasteiger partial charge in [-0.15, -0.1) is 0 Å². The number of likely N-dealkylation sites (N-methyl/N-ethyl adjacent to an activating group) is 1. The van der Waals surface area contributed by atoms with Gasteiger partial charge in [0.1, 0.15) is 33.8 Å². The number of nitrogens with zero attached hydrogens (tertiary/aromatic N) is 1. The van der Waals surface area contributed by atoms with Gasteiger partial charge in [-0.3, -0.25) is 4.72 Å². The SMILES string of the molecule is COc1ccc(S(=O)(=O)Nc2ccc(OC)c3c2OC[C@H](N(C)C)C3)c(Cl)c1Cl. The molecule has 1 N–H and O–H groups in total. The Balaban J connectivity index is 2.01. The van der Waals surface area contributed by atoms with Crippen molar-refractivity contribution < 1.29 is 22.6 Å². The van der Waals surface area contributed by atoms with Crippen LogP contribution in [0, 0.1) is 0 Å². The third kappa shape index (κ3) is 4.21. The number of halogens is 2. The van der Waals surface area contributed by atoms with Gasteiger partial charge in [-0.1, -0.05) is 23.2 Å². The largest absolute Gasteiger partial charge is 0.496 e. The Hall–Kier alpha value is -1.87. The Morgan fingerprint density at radius 3 is 2.34 bits per heavy atom. The van der Waals surface area contributed by atoms with E-state index in [1.807, 2.05) is 14.1 Å². The lowest BCUT2D eigenvalue weighted by atomic mass is 10.00. The van der Waals surface area contributed by atoms with Crippen molar-refractivity contribution in [2.45, 2.75) is 17.4 Å². The van der Waals surface area contributed by atoms with Crippen LogP contribution >= 0.6 is 23.2 Å². The lowest BCUT2D eigenvalue weighted by Gasteiger charge is -2.32. The van der Waals surface area contributed by atoms with E-state index in [1.54, 1.807) is 19.2 Å². The predicted octanol–water partition coefficient (Wildman–Crippen LogP) is 3.68. The molecule has 0 aliphatic carbocycles. The molecule has 1 aliphatic heterocycles. The number of fused-ring (bicyclic) bond motifs is 1. The molecule has 0 unspecified atom stereocenters. The first-order valence-corrected chi connectivity index (χ1v) is 11.0. The van der Waals surface area contributed by atoms with Crippen LogP contribution in [0.4, 0.5) is 5.69 Å². The minimum atomic E-state index is -4.03. The van der Waals surface area contributed by atoms with Crippen LogP contribution in [0.3, 0.4) is 0 Å². The molecule has 0 radical (unpaired) electrons. The summed E-state index contributed by atoms with van der Waals surface area (Å²) in [6, 6.07) is 6.25. The van der Waals surface area contributed by atoms with Crippen molar-refractivity contribution in [3.05, 3.63) is 39.9 Å². The molecule has 0 bridgehead atoms. The molecule has 2 aromatic carbocycles. The van der Waals surface area contributed by atoms with Crippen LogP contribution in [0.2, 0.25) is 10.0 Å². The maximum Gasteiger partial charge on any atom is 0.263 e. The molecule has 1 heterocycles. The van der Waals surface area contributed by atoms with Crippen molar-refractivity contribution in [2.75, 3.05) is 39.6 Å². The minimum absolute atomic E-state index is 0.0267. The molecule has 10 heteroatoms. The van der Waals surface area contributed by atoms with Crippen molar-refractivity contribution in [1.29, 1.82) is 0 Å². The van der Waals surface area contributed by atoms with E-state index in [0.717, 1.165) is 5.56 Å². The van der Waals surface area contributed by atoms with Crippen LogP contribution in [-0.2, 0) is 16.4 Å². The van der Waals surface area contributed by atoms with Gasteiger partial charge in [0.25, 0.3) is 10.0 Å². The van der Waals surface area contributed by atoms with Crippen molar-refractivity contribution in [1.82, 2.24) is 4.90 Å².